The van der Waals surface area contributed by atoms with Crippen molar-refractivity contribution in [1.82, 2.24) is 0 Å². The van der Waals surface area contributed by atoms with Crippen molar-refractivity contribution < 1.29 is 22.7 Å². The van der Waals surface area contributed by atoms with Crippen LogP contribution in [0.3, 0.4) is 0 Å². The number of hydrogen-bond donors (Lipinski definition) is 1. The number of ether oxygens (including phenoxy) is 1. The maximum Gasteiger partial charge on any atom is 0.522 e. The van der Waals surface area contributed by atoms with Gasteiger partial charge in [0.15, 0.2) is 5.78 Å². The van der Waals surface area contributed by atoms with E-state index in [0.717, 1.165) is 30.4 Å². The number of allylic oxidation sites excluding steroid dienone is 5. The average molecular weight is 361 g/mol. The molecule has 6 heteroatoms. The van der Waals surface area contributed by atoms with Crippen LogP contribution in [0.2, 0.25) is 0 Å². The predicted molar refractivity (Wildman–Crippen MR) is 95.0 cm³/mol. The highest BCUT2D eigenvalue weighted by atomic mass is 19.4. The molecule has 0 aliphatic heterocycles. The number of rotatable bonds is 13. The van der Waals surface area contributed by atoms with Crippen LogP contribution in [0, 0.1) is 5.92 Å². The molecule has 3 nitrogen and oxygen atoms in total. The summed E-state index contributed by atoms with van der Waals surface area (Å²) >= 11 is 0. The Kier molecular flexibility index (Phi) is 12.2. The second-order valence-electron chi connectivity index (χ2n) is 6.01. The lowest BCUT2D eigenvalue weighted by Gasteiger charge is -2.14. The minimum absolute atomic E-state index is 0.0231. The van der Waals surface area contributed by atoms with E-state index in [1.54, 1.807) is 18.2 Å². The Morgan fingerprint density at radius 1 is 1.36 bits per heavy atom. The van der Waals surface area contributed by atoms with Gasteiger partial charge in [-0.15, -0.1) is 13.2 Å². The molecule has 25 heavy (non-hydrogen) atoms. The lowest BCUT2D eigenvalue weighted by atomic mass is 9.92. The Morgan fingerprint density at radius 2 is 2.04 bits per heavy atom. The van der Waals surface area contributed by atoms with E-state index < -0.39 is 13.0 Å². The van der Waals surface area contributed by atoms with Crippen LogP contribution in [0.4, 0.5) is 13.2 Å². The highest BCUT2D eigenvalue weighted by Crippen LogP contribution is 2.20. The maximum atomic E-state index is 12.3. The van der Waals surface area contributed by atoms with E-state index >= 15 is 0 Å². The van der Waals surface area contributed by atoms with Crippen LogP contribution >= 0.6 is 0 Å². The highest BCUT2D eigenvalue weighted by Gasteiger charge is 2.28. The van der Waals surface area contributed by atoms with Gasteiger partial charge in [0.05, 0.1) is 6.61 Å². The number of carbonyl (C=O) groups excluding carboxylic acids is 1. The minimum Gasteiger partial charge on any atom is -0.330 e. The summed E-state index contributed by atoms with van der Waals surface area (Å²) in [5.41, 5.74) is 7.40. The smallest absolute Gasteiger partial charge is 0.330 e. The molecule has 0 rings (SSSR count). The van der Waals surface area contributed by atoms with Gasteiger partial charge in [-0.2, -0.15) is 0 Å². The summed E-state index contributed by atoms with van der Waals surface area (Å²) in [5.74, 6) is 0.245. The third kappa shape index (κ3) is 12.6. The second kappa shape index (κ2) is 12.9. The van der Waals surface area contributed by atoms with Crippen molar-refractivity contribution in [3.63, 3.8) is 0 Å². The normalized spacial score (nSPS) is 14.5. The van der Waals surface area contributed by atoms with Crippen LogP contribution in [0.25, 0.3) is 0 Å². The summed E-state index contributed by atoms with van der Waals surface area (Å²) in [7, 11) is 0. The lowest BCUT2D eigenvalue weighted by Crippen LogP contribution is -2.13. The molecular weight excluding hydrogens is 331 g/mol. The zero-order valence-corrected chi connectivity index (χ0v) is 15.2. The molecule has 0 aromatic rings. The van der Waals surface area contributed by atoms with E-state index in [4.69, 9.17) is 5.73 Å². The molecule has 1 unspecified atom stereocenters. The largest absolute Gasteiger partial charge is 0.522 e. The highest BCUT2D eigenvalue weighted by molar-refractivity contribution is 5.92. The van der Waals surface area contributed by atoms with E-state index in [9.17, 15) is 18.0 Å². The SMILES string of the molecule is C=C/C(=C\CCCOC(F)(F)F)CC(=O)C=C(CCC)C(C)CCN. The van der Waals surface area contributed by atoms with Crippen LogP contribution in [-0.4, -0.2) is 25.3 Å². The van der Waals surface area contributed by atoms with Crippen molar-refractivity contribution in [3.05, 3.63) is 36.0 Å². The van der Waals surface area contributed by atoms with Crippen LogP contribution in [-0.2, 0) is 9.53 Å². The quantitative estimate of drug-likeness (QED) is 0.282. The van der Waals surface area contributed by atoms with Gasteiger partial charge in [-0.1, -0.05) is 44.6 Å². The van der Waals surface area contributed by atoms with Crippen molar-refractivity contribution in [2.75, 3.05) is 13.2 Å². The number of carbonyl (C=O) groups is 1. The zero-order chi connectivity index (χ0) is 19.3. The van der Waals surface area contributed by atoms with Crippen molar-refractivity contribution in [3.8, 4) is 0 Å². The molecule has 2 N–H and O–H groups in total. The first-order valence-electron chi connectivity index (χ1n) is 8.69. The molecule has 0 saturated carbocycles. The van der Waals surface area contributed by atoms with Gasteiger partial charge in [0.1, 0.15) is 0 Å². The third-order valence-electron chi connectivity index (χ3n) is 3.78. The van der Waals surface area contributed by atoms with Crippen molar-refractivity contribution >= 4 is 5.78 Å². The summed E-state index contributed by atoms with van der Waals surface area (Å²) in [6.07, 6.45) is 3.88. The molecule has 0 fully saturated rings. The fourth-order valence-corrected chi connectivity index (χ4v) is 2.43. The molecule has 0 heterocycles. The predicted octanol–water partition coefficient (Wildman–Crippen LogP) is 5.09. The summed E-state index contributed by atoms with van der Waals surface area (Å²) in [6.45, 7) is 7.97. The first-order valence-corrected chi connectivity index (χ1v) is 8.69. The molecule has 0 spiro atoms. The third-order valence-corrected chi connectivity index (χ3v) is 3.78. The topological polar surface area (TPSA) is 52.3 Å². The molecule has 144 valence electrons. The van der Waals surface area contributed by atoms with E-state index in [1.807, 2.05) is 0 Å². The van der Waals surface area contributed by atoms with Gasteiger partial charge in [0.2, 0.25) is 0 Å². The van der Waals surface area contributed by atoms with Crippen molar-refractivity contribution in [1.29, 1.82) is 0 Å². The van der Waals surface area contributed by atoms with Crippen LogP contribution in [0.1, 0.15) is 52.4 Å². The number of nitrogens with two attached hydrogens (primary N) is 1. The molecule has 1 atom stereocenters. The Morgan fingerprint density at radius 3 is 2.56 bits per heavy atom. The Hall–Kier alpha value is -1.40. The van der Waals surface area contributed by atoms with E-state index in [1.165, 1.54) is 0 Å². The van der Waals surface area contributed by atoms with Crippen molar-refractivity contribution in [2.45, 2.75) is 58.7 Å². The summed E-state index contributed by atoms with van der Waals surface area (Å²) in [4.78, 5) is 12.3. The van der Waals surface area contributed by atoms with Gasteiger partial charge in [0, 0.05) is 6.42 Å². The van der Waals surface area contributed by atoms with Gasteiger partial charge in [-0.3, -0.25) is 9.53 Å². The van der Waals surface area contributed by atoms with E-state index in [0.29, 0.717) is 13.0 Å². The molecule has 0 bridgehead atoms. The number of halogens is 3. The number of alkyl halides is 3. The lowest BCUT2D eigenvalue weighted by molar-refractivity contribution is -0.324. The molecular formula is C19H30F3NO2. The van der Waals surface area contributed by atoms with Gasteiger partial charge < -0.3 is 5.73 Å². The number of unbranched alkanes of at least 4 members (excludes halogenated alkanes) is 1. The first kappa shape index (κ1) is 23.6. The van der Waals surface area contributed by atoms with Gasteiger partial charge in [-0.25, -0.2) is 0 Å². The van der Waals surface area contributed by atoms with Crippen molar-refractivity contribution in [2.24, 2.45) is 11.7 Å². The zero-order valence-electron chi connectivity index (χ0n) is 15.2. The Bertz CT molecular complexity index is 468. The molecule has 0 saturated heterocycles. The minimum atomic E-state index is -4.60. The van der Waals surface area contributed by atoms with Crippen LogP contribution in [0.5, 0.6) is 0 Å². The molecule has 0 amide bonds. The summed E-state index contributed by atoms with van der Waals surface area (Å²) in [5, 5.41) is 0. The molecule has 0 aliphatic rings. The van der Waals surface area contributed by atoms with E-state index in [2.05, 4.69) is 25.2 Å². The maximum absolute atomic E-state index is 12.3. The Balaban J connectivity index is 4.61. The fraction of sp³-hybridized carbons (Fsp3) is 0.632. The van der Waals surface area contributed by atoms with Gasteiger partial charge in [0.25, 0.3) is 0 Å². The van der Waals surface area contributed by atoms with Gasteiger partial charge in [-0.05, 0) is 49.8 Å². The molecule has 0 aromatic carbocycles. The van der Waals surface area contributed by atoms with Crippen LogP contribution in [0.15, 0.2) is 36.0 Å². The summed E-state index contributed by atoms with van der Waals surface area (Å²) < 4.78 is 39.3. The van der Waals surface area contributed by atoms with Crippen LogP contribution < -0.4 is 5.73 Å². The molecule has 0 aromatic heterocycles. The number of hydrogen-bond acceptors (Lipinski definition) is 3. The van der Waals surface area contributed by atoms with E-state index in [-0.39, 0.29) is 24.5 Å². The average Bonchev–Trinajstić information content (AvgIpc) is 2.52. The molecule has 0 radical (unpaired) electrons. The first-order chi connectivity index (χ1) is 11.7. The van der Waals surface area contributed by atoms with Gasteiger partial charge >= 0.3 is 6.36 Å². The standard InChI is InChI=1S/C19H30F3NO2/c1-4-8-17(15(3)10-11-23)14-18(24)13-16(5-2)9-6-7-12-25-19(20,21)22/h5,9,14-15H,2,4,6-8,10-13,23H2,1,3H3/b16-9+,17-14?. The molecule has 0 aliphatic carbocycles. The summed E-state index contributed by atoms with van der Waals surface area (Å²) in [6, 6.07) is 0. The second-order valence-corrected chi connectivity index (χ2v) is 6.01. The fourth-order valence-electron chi connectivity index (χ4n) is 2.43. The Labute approximate surface area is 148 Å². The number of ketones is 1. The monoisotopic (exact) mass is 361 g/mol.